The standard InChI is InChI=1S/C35H37F3N4O9/c1-6-10-42(33(49)51-19-9-7-8-18(14-19)35(36,37)38)15-17-13-22(40(2)3)20-11-16-12-21-26(41(4)5)29(45)25(32(39)48)31(47)34(21,50)30(46)23(16)28(44)24(20)27(17)43/h6-9,13-14,16,21,23,25-26,43,50H,1,10-12,15H2,2-5H3,(H2,39,48). The first-order valence-electron chi connectivity index (χ1n) is 15.9. The van der Waals surface area contributed by atoms with Crippen LogP contribution in [0, 0.1) is 23.7 Å². The van der Waals surface area contributed by atoms with Crippen LogP contribution in [0.25, 0.3) is 0 Å². The van der Waals surface area contributed by atoms with E-state index in [1.165, 1.54) is 31.1 Å². The number of nitrogens with zero attached hydrogens (tertiary/aromatic N) is 3. The van der Waals surface area contributed by atoms with E-state index in [-0.39, 0.29) is 30.5 Å². The summed E-state index contributed by atoms with van der Waals surface area (Å²) < 4.78 is 45.0. The number of fused-ring (bicyclic) bond motifs is 3. The number of rotatable bonds is 8. The molecule has 0 heterocycles. The van der Waals surface area contributed by atoms with Gasteiger partial charge in [0.05, 0.1) is 29.6 Å². The Morgan fingerprint density at radius 2 is 1.76 bits per heavy atom. The maximum Gasteiger partial charge on any atom is 0.416 e. The van der Waals surface area contributed by atoms with Crippen molar-refractivity contribution in [3.63, 3.8) is 0 Å². The molecular formula is C35H37F3N4O9. The number of hydrogen-bond acceptors (Lipinski definition) is 11. The number of ether oxygens (including phenoxy) is 1. The van der Waals surface area contributed by atoms with Crippen molar-refractivity contribution in [3.8, 4) is 11.5 Å². The molecule has 3 aliphatic rings. The van der Waals surface area contributed by atoms with Gasteiger partial charge in [-0.1, -0.05) is 12.1 Å². The van der Waals surface area contributed by atoms with E-state index in [1.807, 2.05) is 0 Å². The van der Waals surface area contributed by atoms with E-state index < -0.39 is 100 Å². The number of carbonyl (C=O) groups is 6. The zero-order valence-corrected chi connectivity index (χ0v) is 28.2. The fraction of sp³-hybridized carbons (Fsp3) is 0.429. The van der Waals surface area contributed by atoms with Gasteiger partial charge in [-0.3, -0.25) is 33.8 Å². The quantitative estimate of drug-likeness (QED) is 0.269. The predicted octanol–water partition coefficient (Wildman–Crippen LogP) is 2.14. The fourth-order valence-electron chi connectivity index (χ4n) is 7.69. The number of anilines is 1. The van der Waals surface area contributed by atoms with Gasteiger partial charge in [-0.25, -0.2) is 4.79 Å². The number of halogens is 3. The molecule has 2 fully saturated rings. The highest BCUT2D eigenvalue weighted by atomic mass is 19.4. The molecule has 13 nitrogen and oxygen atoms in total. The Kier molecular flexibility index (Phi) is 9.64. The molecule has 5 rings (SSSR count). The Balaban J connectivity index is 1.55. The fourth-order valence-corrected chi connectivity index (χ4v) is 7.69. The third-order valence-corrected chi connectivity index (χ3v) is 9.93. The van der Waals surface area contributed by atoms with E-state index in [0.717, 1.165) is 23.1 Å². The van der Waals surface area contributed by atoms with E-state index in [9.17, 15) is 52.2 Å². The molecule has 2 aromatic rings. The van der Waals surface area contributed by atoms with Crippen molar-refractivity contribution in [2.24, 2.45) is 29.4 Å². The number of aliphatic hydroxyl groups is 1. The largest absolute Gasteiger partial charge is 0.507 e. The number of amides is 2. The monoisotopic (exact) mass is 714 g/mol. The van der Waals surface area contributed by atoms with Gasteiger partial charge in [0.25, 0.3) is 0 Å². The lowest BCUT2D eigenvalue weighted by Gasteiger charge is -2.52. The number of carbonyl (C=O) groups excluding carboxylic acids is 6. The first-order chi connectivity index (χ1) is 23.7. The molecule has 3 aliphatic carbocycles. The molecular weight excluding hydrogens is 677 g/mol. The number of primary amides is 1. The summed E-state index contributed by atoms with van der Waals surface area (Å²) in [7, 11) is 6.30. The average molecular weight is 715 g/mol. The number of alkyl halides is 3. The highest BCUT2D eigenvalue weighted by molar-refractivity contribution is 6.32. The number of Topliss-reactive ketones (excluding diaryl/α,β-unsaturated/α-hetero) is 4. The van der Waals surface area contributed by atoms with Crippen LogP contribution in [0.3, 0.4) is 0 Å². The number of nitrogens with two attached hydrogens (primary N) is 1. The molecule has 51 heavy (non-hydrogen) atoms. The first-order valence-corrected chi connectivity index (χ1v) is 15.9. The molecule has 0 spiro atoms. The molecule has 0 saturated heterocycles. The van der Waals surface area contributed by atoms with Crippen molar-refractivity contribution in [1.82, 2.24) is 9.80 Å². The van der Waals surface area contributed by atoms with Gasteiger partial charge in [0.2, 0.25) is 5.91 Å². The van der Waals surface area contributed by atoms with E-state index in [4.69, 9.17) is 10.5 Å². The van der Waals surface area contributed by atoms with Crippen LogP contribution in [0.5, 0.6) is 11.5 Å². The van der Waals surface area contributed by atoms with Crippen molar-refractivity contribution in [2.45, 2.75) is 37.2 Å². The minimum absolute atomic E-state index is 0.00717. The Morgan fingerprint density at radius 3 is 2.33 bits per heavy atom. The maximum atomic E-state index is 14.3. The maximum absolute atomic E-state index is 14.3. The SMILES string of the molecule is C=CCN(Cc1cc(N(C)C)c2c(c1O)C(=O)C1C(=O)C3(O)C(=O)C(C(N)=O)C(=O)C(N(C)C)C3CC1C2)C(=O)Oc1cccc(C(F)(F)F)c1. The van der Waals surface area contributed by atoms with Crippen molar-refractivity contribution < 1.29 is 56.9 Å². The van der Waals surface area contributed by atoms with Gasteiger partial charge in [-0.2, -0.15) is 13.2 Å². The molecule has 4 N–H and O–H groups in total. The Labute approximate surface area is 290 Å². The molecule has 2 saturated carbocycles. The van der Waals surface area contributed by atoms with Crippen molar-refractivity contribution >= 4 is 40.8 Å². The third kappa shape index (κ3) is 6.15. The van der Waals surface area contributed by atoms with Crippen molar-refractivity contribution in [1.29, 1.82) is 0 Å². The molecule has 16 heteroatoms. The summed E-state index contributed by atoms with van der Waals surface area (Å²) in [6, 6.07) is 3.96. The van der Waals surface area contributed by atoms with Crippen molar-refractivity contribution in [3.05, 3.63) is 65.2 Å². The summed E-state index contributed by atoms with van der Waals surface area (Å²) in [5.74, 6) is -12.6. The molecule has 6 atom stereocenters. The normalized spacial score (nSPS) is 25.9. The summed E-state index contributed by atoms with van der Waals surface area (Å²) in [6.07, 6.45) is -4.59. The van der Waals surface area contributed by atoms with Crippen molar-refractivity contribution in [2.75, 3.05) is 39.6 Å². The first kappa shape index (κ1) is 37.2. The van der Waals surface area contributed by atoms with Crippen LogP contribution in [0.15, 0.2) is 43.0 Å². The second-order valence-electron chi connectivity index (χ2n) is 13.5. The van der Waals surface area contributed by atoms with E-state index >= 15 is 0 Å². The Hall–Kier alpha value is -5.09. The number of likely N-dealkylation sites (N-methyl/N-ethyl adjacent to an activating group) is 1. The van der Waals surface area contributed by atoms with E-state index in [2.05, 4.69) is 6.58 Å². The average Bonchev–Trinajstić information content (AvgIpc) is 3.02. The van der Waals surface area contributed by atoms with Crippen LogP contribution in [0.2, 0.25) is 0 Å². The minimum Gasteiger partial charge on any atom is -0.507 e. The predicted molar refractivity (Wildman–Crippen MR) is 174 cm³/mol. The van der Waals surface area contributed by atoms with Gasteiger partial charge >= 0.3 is 12.3 Å². The van der Waals surface area contributed by atoms with Gasteiger partial charge in [0, 0.05) is 37.8 Å². The summed E-state index contributed by atoms with van der Waals surface area (Å²) in [6.45, 7) is 2.99. The van der Waals surface area contributed by atoms with Gasteiger partial charge in [0.1, 0.15) is 11.5 Å². The second-order valence-corrected chi connectivity index (χ2v) is 13.5. The lowest BCUT2D eigenvalue weighted by atomic mass is 9.52. The molecule has 2 amide bonds. The Morgan fingerprint density at radius 1 is 1.10 bits per heavy atom. The molecule has 272 valence electrons. The molecule has 6 unspecified atom stereocenters. The van der Waals surface area contributed by atoms with Crippen LogP contribution in [-0.4, -0.2) is 102 Å². The van der Waals surface area contributed by atoms with E-state index in [0.29, 0.717) is 17.3 Å². The number of ketones is 4. The Bertz CT molecular complexity index is 1860. The molecule has 0 aliphatic heterocycles. The summed E-state index contributed by atoms with van der Waals surface area (Å²) in [5, 5.41) is 23.4. The highest BCUT2D eigenvalue weighted by Gasteiger charge is 2.69. The number of hydrogen-bond donors (Lipinski definition) is 3. The highest BCUT2D eigenvalue weighted by Crippen LogP contribution is 2.52. The van der Waals surface area contributed by atoms with Gasteiger partial charge in [-0.05, 0) is 62.7 Å². The van der Waals surface area contributed by atoms with E-state index in [1.54, 1.807) is 19.0 Å². The number of benzene rings is 2. The smallest absolute Gasteiger partial charge is 0.416 e. The molecule has 2 aromatic carbocycles. The number of phenolic OH excluding ortho intramolecular Hbond substituents is 1. The molecule has 0 bridgehead atoms. The zero-order chi connectivity index (χ0) is 37.9. The topological polar surface area (TPSA) is 188 Å². The summed E-state index contributed by atoms with van der Waals surface area (Å²) in [5.41, 5.74) is 1.93. The molecule has 0 radical (unpaired) electrons. The van der Waals surface area contributed by atoms with Gasteiger partial charge in [-0.15, -0.1) is 6.58 Å². The van der Waals surface area contributed by atoms with Crippen LogP contribution in [0.4, 0.5) is 23.7 Å². The zero-order valence-electron chi connectivity index (χ0n) is 28.2. The van der Waals surface area contributed by atoms with Crippen LogP contribution < -0.4 is 15.4 Å². The second kappa shape index (κ2) is 13.2. The summed E-state index contributed by atoms with van der Waals surface area (Å²) >= 11 is 0. The van der Waals surface area contributed by atoms with Crippen LogP contribution >= 0.6 is 0 Å². The minimum atomic E-state index is -4.69. The van der Waals surface area contributed by atoms with Crippen LogP contribution in [0.1, 0.15) is 33.5 Å². The number of aromatic hydroxyl groups is 1. The van der Waals surface area contributed by atoms with Crippen LogP contribution in [-0.2, 0) is 38.3 Å². The van der Waals surface area contributed by atoms with Gasteiger partial charge in [0.15, 0.2) is 34.7 Å². The lowest BCUT2D eigenvalue weighted by molar-refractivity contribution is -0.181. The third-order valence-electron chi connectivity index (χ3n) is 9.93. The lowest BCUT2D eigenvalue weighted by Crippen LogP contribution is -2.74. The summed E-state index contributed by atoms with van der Waals surface area (Å²) in [4.78, 5) is 84.9. The molecule has 0 aromatic heterocycles. The number of phenols is 1. The van der Waals surface area contributed by atoms with Gasteiger partial charge < -0.3 is 25.6 Å².